The number of likely N-dealkylation sites (N-methyl/N-ethyl adjacent to an activating group) is 1. The van der Waals surface area contributed by atoms with E-state index in [1.54, 1.807) is 6.08 Å². The minimum Gasteiger partial charge on any atom is -0.465 e. The predicted octanol–water partition coefficient (Wildman–Crippen LogP) is 1.69. The van der Waals surface area contributed by atoms with Crippen LogP contribution in [0.4, 0.5) is 4.79 Å². The number of hydrogen-bond donors (Lipinski definition) is 1. The molecule has 4 amide bonds. The van der Waals surface area contributed by atoms with Crippen molar-refractivity contribution in [1.82, 2.24) is 15.1 Å². The molecule has 1 aliphatic heterocycles. The first-order valence-electron chi connectivity index (χ1n) is 10.8. The number of carbonyl (C=O) groups is 4. The van der Waals surface area contributed by atoms with Gasteiger partial charge in [0.05, 0.1) is 24.3 Å². The monoisotopic (exact) mass is 432 g/mol. The van der Waals surface area contributed by atoms with Crippen LogP contribution >= 0.6 is 0 Å². The number of ether oxygens (including phenoxy) is 1. The summed E-state index contributed by atoms with van der Waals surface area (Å²) in [5.74, 6) is -1.54. The average molecular weight is 433 g/mol. The molecule has 1 heterocycles. The molecule has 0 saturated heterocycles. The summed E-state index contributed by atoms with van der Waals surface area (Å²) in [5.41, 5.74) is 0.512. The molecule has 0 saturated carbocycles. The van der Waals surface area contributed by atoms with Gasteiger partial charge < -0.3 is 15.0 Å². The number of unbranched alkanes of at least 4 members (excludes halogenated alkanes) is 2. The number of urea groups is 1. The number of carbonyl (C=O) groups excluding carboxylic acids is 4. The summed E-state index contributed by atoms with van der Waals surface area (Å²) in [6.45, 7) is 7.85. The second kappa shape index (κ2) is 12.1. The van der Waals surface area contributed by atoms with E-state index >= 15 is 0 Å². The van der Waals surface area contributed by atoms with E-state index in [-0.39, 0.29) is 29.6 Å². The van der Waals surface area contributed by atoms with Crippen LogP contribution in [0, 0.1) is 5.92 Å². The number of nitrogens with one attached hydrogen (secondary N) is 1. The maximum absolute atomic E-state index is 12.7. The van der Waals surface area contributed by atoms with E-state index in [1.165, 1.54) is 19.3 Å². The highest BCUT2D eigenvalue weighted by Crippen LogP contribution is 2.23. The Kier molecular flexibility index (Phi) is 9.58. The molecule has 1 N–H and O–H groups in total. The fourth-order valence-electron chi connectivity index (χ4n) is 3.50. The topological polar surface area (TPSA) is 108 Å². The zero-order valence-corrected chi connectivity index (χ0v) is 18.6. The van der Waals surface area contributed by atoms with Gasteiger partial charge >= 0.3 is 12.0 Å². The Morgan fingerprint density at radius 2 is 1.94 bits per heavy atom. The largest absolute Gasteiger partial charge is 0.465 e. The normalized spacial score (nSPS) is 17.9. The van der Waals surface area contributed by atoms with Gasteiger partial charge in [0.2, 0.25) is 11.8 Å². The quantitative estimate of drug-likeness (QED) is 0.371. The molecule has 1 atom stereocenters. The molecule has 0 aromatic heterocycles. The van der Waals surface area contributed by atoms with Crippen molar-refractivity contribution in [2.45, 2.75) is 39.5 Å². The van der Waals surface area contributed by atoms with Crippen LogP contribution in [0.1, 0.15) is 39.5 Å². The van der Waals surface area contributed by atoms with Crippen LogP contribution in [0.3, 0.4) is 0 Å². The maximum atomic E-state index is 12.7. The van der Waals surface area contributed by atoms with Crippen LogP contribution < -0.4 is 5.32 Å². The van der Waals surface area contributed by atoms with Crippen molar-refractivity contribution in [3.05, 3.63) is 23.8 Å². The van der Waals surface area contributed by atoms with Gasteiger partial charge in [-0.2, -0.15) is 4.99 Å². The Hall–Kier alpha value is -2.81. The molecular formula is C22H32N4O5. The fraction of sp³-hybridized carbons (Fsp3) is 0.591. The van der Waals surface area contributed by atoms with Crippen molar-refractivity contribution < 1.29 is 23.9 Å². The molecule has 0 aromatic carbocycles. The van der Waals surface area contributed by atoms with Crippen LogP contribution in [0.25, 0.3) is 0 Å². The Morgan fingerprint density at radius 3 is 2.61 bits per heavy atom. The SMILES string of the molecule is CCN(CC)CCNC(=O)CCCCCN1C(=O)N=C2C=C(C(=O)OC)C=CC2C1=O. The zero-order chi connectivity index (χ0) is 22.8. The van der Waals surface area contributed by atoms with Crippen LogP contribution in [0.15, 0.2) is 28.8 Å². The lowest BCUT2D eigenvalue weighted by atomic mass is 9.92. The first kappa shape index (κ1) is 24.5. The highest BCUT2D eigenvalue weighted by Gasteiger charge is 2.36. The minimum absolute atomic E-state index is 0.0204. The Bertz CT molecular complexity index is 783. The number of hydrogen-bond acceptors (Lipinski definition) is 6. The number of esters is 1. The fourth-order valence-corrected chi connectivity index (χ4v) is 3.50. The van der Waals surface area contributed by atoms with E-state index < -0.39 is 17.9 Å². The molecule has 2 rings (SSSR count). The summed E-state index contributed by atoms with van der Waals surface area (Å²) < 4.78 is 4.66. The van der Waals surface area contributed by atoms with E-state index in [4.69, 9.17) is 0 Å². The molecule has 9 nitrogen and oxygen atoms in total. The molecule has 0 spiro atoms. The summed E-state index contributed by atoms with van der Waals surface area (Å²) in [6.07, 6.45) is 6.95. The number of nitrogens with zero attached hydrogens (tertiary/aromatic N) is 3. The molecule has 0 fully saturated rings. The lowest BCUT2D eigenvalue weighted by molar-refractivity contribution is -0.136. The van der Waals surface area contributed by atoms with Gasteiger partial charge in [0.25, 0.3) is 0 Å². The number of rotatable bonds is 12. The smallest absolute Gasteiger partial charge is 0.350 e. The molecule has 9 heteroatoms. The lowest BCUT2D eigenvalue weighted by Crippen LogP contribution is -2.46. The van der Waals surface area contributed by atoms with Crippen molar-refractivity contribution in [3.63, 3.8) is 0 Å². The predicted molar refractivity (Wildman–Crippen MR) is 117 cm³/mol. The number of imide groups is 1. The highest BCUT2D eigenvalue weighted by molar-refractivity contribution is 6.23. The van der Waals surface area contributed by atoms with E-state index in [9.17, 15) is 19.2 Å². The molecule has 31 heavy (non-hydrogen) atoms. The third-order valence-electron chi connectivity index (χ3n) is 5.43. The van der Waals surface area contributed by atoms with Gasteiger partial charge in [-0.1, -0.05) is 32.4 Å². The Balaban J connectivity index is 1.73. The first-order chi connectivity index (χ1) is 14.9. The molecule has 170 valence electrons. The van der Waals surface area contributed by atoms with E-state index in [0.717, 1.165) is 31.0 Å². The molecule has 1 unspecified atom stereocenters. The molecule has 2 aliphatic rings. The standard InChI is InChI=1S/C22H32N4O5/c1-4-25(5-2)14-12-23-19(27)9-7-6-8-13-26-20(28)17-11-10-16(21(29)31-3)15-18(17)24-22(26)30/h10-11,15,17H,4-9,12-14H2,1-3H3,(H,23,27). The van der Waals surface area contributed by atoms with Gasteiger partial charge in [0.15, 0.2) is 0 Å². The molecule has 1 aliphatic carbocycles. The summed E-state index contributed by atoms with van der Waals surface area (Å²) in [4.78, 5) is 55.8. The number of amides is 4. The lowest BCUT2D eigenvalue weighted by Gasteiger charge is -2.28. The molecule has 0 aromatic rings. The molecular weight excluding hydrogens is 400 g/mol. The van der Waals surface area contributed by atoms with E-state index in [2.05, 4.69) is 33.8 Å². The van der Waals surface area contributed by atoms with Crippen molar-refractivity contribution >= 4 is 29.5 Å². The van der Waals surface area contributed by atoms with E-state index in [1.807, 2.05) is 0 Å². The third-order valence-corrected chi connectivity index (χ3v) is 5.43. The second-order valence-electron chi connectivity index (χ2n) is 7.42. The van der Waals surface area contributed by atoms with Gasteiger partial charge in [-0.05, 0) is 32.0 Å². The molecule has 0 bridgehead atoms. The van der Waals surface area contributed by atoms with E-state index in [0.29, 0.717) is 25.8 Å². The number of allylic oxidation sites excluding steroid dienone is 1. The third kappa shape index (κ3) is 6.85. The Labute approximate surface area is 183 Å². The van der Waals surface area contributed by atoms with Gasteiger partial charge in [0.1, 0.15) is 0 Å². The number of methoxy groups -OCH3 is 1. The van der Waals surface area contributed by atoms with Gasteiger partial charge in [-0.25, -0.2) is 9.59 Å². The van der Waals surface area contributed by atoms with Gasteiger partial charge in [-0.15, -0.1) is 0 Å². The second-order valence-corrected chi connectivity index (χ2v) is 7.42. The highest BCUT2D eigenvalue weighted by atomic mass is 16.5. The number of fused-ring (bicyclic) bond motifs is 1. The zero-order valence-electron chi connectivity index (χ0n) is 18.6. The van der Waals surface area contributed by atoms with Crippen molar-refractivity contribution in [3.8, 4) is 0 Å². The molecule has 0 radical (unpaired) electrons. The summed E-state index contributed by atoms with van der Waals surface area (Å²) in [5, 5.41) is 2.92. The summed E-state index contributed by atoms with van der Waals surface area (Å²) >= 11 is 0. The first-order valence-corrected chi connectivity index (χ1v) is 10.8. The Morgan fingerprint density at radius 1 is 1.19 bits per heavy atom. The minimum atomic E-state index is -0.664. The summed E-state index contributed by atoms with van der Waals surface area (Å²) in [7, 11) is 1.26. The van der Waals surface area contributed by atoms with Crippen LogP contribution in [0.2, 0.25) is 0 Å². The van der Waals surface area contributed by atoms with Crippen LogP contribution in [-0.4, -0.2) is 79.2 Å². The van der Waals surface area contributed by atoms with Gasteiger partial charge in [-0.3, -0.25) is 14.5 Å². The van der Waals surface area contributed by atoms with Crippen molar-refractivity contribution in [2.75, 3.05) is 39.8 Å². The average Bonchev–Trinajstić information content (AvgIpc) is 2.77. The van der Waals surface area contributed by atoms with Crippen LogP contribution in [0.5, 0.6) is 0 Å². The van der Waals surface area contributed by atoms with Gasteiger partial charge in [0, 0.05) is 26.1 Å². The van der Waals surface area contributed by atoms with Crippen molar-refractivity contribution in [1.29, 1.82) is 0 Å². The van der Waals surface area contributed by atoms with Crippen molar-refractivity contribution in [2.24, 2.45) is 10.9 Å². The number of aliphatic imine (C=N–C) groups is 1. The van der Waals surface area contributed by atoms with Crippen LogP contribution in [-0.2, 0) is 19.1 Å². The summed E-state index contributed by atoms with van der Waals surface area (Å²) in [6, 6.07) is -0.624. The maximum Gasteiger partial charge on any atom is 0.350 e.